The van der Waals surface area contributed by atoms with Crippen molar-refractivity contribution >= 4 is 28.4 Å². The van der Waals surface area contributed by atoms with Crippen molar-refractivity contribution in [2.45, 2.75) is 19.3 Å². The maximum absolute atomic E-state index is 12.2. The molecule has 0 atom stereocenters. The lowest BCUT2D eigenvalue weighted by Crippen LogP contribution is -2.23. The fraction of sp³-hybridized carbons (Fsp3) is 0.250. The molecule has 0 radical (unpaired) electrons. The first kappa shape index (κ1) is 17.7. The molecule has 3 rings (SSSR count). The summed E-state index contributed by atoms with van der Waals surface area (Å²) in [5.41, 5.74) is 3.23. The molecule has 6 heteroatoms. The summed E-state index contributed by atoms with van der Waals surface area (Å²) < 4.78 is 0. The second-order valence-electron chi connectivity index (χ2n) is 6.39. The van der Waals surface area contributed by atoms with Crippen molar-refractivity contribution in [3.05, 3.63) is 60.0 Å². The van der Waals surface area contributed by atoms with E-state index in [1.165, 1.54) is 22.0 Å². The number of hydrogen-bond donors (Lipinski definition) is 2. The van der Waals surface area contributed by atoms with E-state index < -0.39 is 0 Å². The molecule has 26 heavy (non-hydrogen) atoms. The first-order valence-electron chi connectivity index (χ1n) is 8.57. The number of nitrogens with one attached hydrogen (secondary N) is 2. The number of aromatic amines is 1. The van der Waals surface area contributed by atoms with Crippen molar-refractivity contribution in [2.24, 2.45) is 0 Å². The van der Waals surface area contributed by atoms with Gasteiger partial charge >= 0.3 is 0 Å². The number of fused-ring (bicyclic) bond motifs is 1. The number of rotatable bonds is 6. The maximum atomic E-state index is 12.2. The lowest BCUT2D eigenvalue weighted by atomic mass is 10.1. The van der Waals surface area contributed by atoms with E-state index in [1.54, 1.807) is 26.2 Å². The minimum absolute atomic E-state index is 0.0701. The summed E-state index contributed by atoms with van der Waals surface area (Å²) in [6.07, 6.45) is 5.53. The van der Waals surface area contributed by atoms with Crippen LogP contribution in [0.4, 0.5) is 5.69 Å². The molecule has 2 N–H and O–H groups in total. The van der Waals surface area contributed by atoms with E-state index in [1.807, 2.05) is 24.4 Å². The Morgan fingerprint density at radius 3 is 2.81 bits per heavy atom. The Labute approximate surface area is 152 Å². The molecule has 0 saturated carbocycles. The van der Waals surface area contributed by atoms with Gasteiger partial charge in [0.2, 0.25) is 5.91 Å². The zero-order chi connectivity index (χ0) is 18.5. The van der Waals surface area contributed by atoms with Gasteiger partial charge in [-0.15, -0.1) is 0 Å². The molecule has 2 amide bonds. The Bertz CT molecular complexity index is 930. The van der Waals surface area contributed by atoms with Crippen molar-refractivity contribution in [2.75, 3.05) is 19.4 Å². The van der Waals surface area contributed by atoms with Crippen LogP contribution in [0.15, 0.2) is 48.8 Å². The molecule has 0 aliphatic rings. The molecular formula is C20H22N4O2. The third-order valence-corrected chi connectivity index (χ3v) is 4.19. The van der Waals surface area contributed by atoms with E-state index in [0.29, 0.717) is 17.8 Å². The lowest BCUT2D eigenvalue weighted by Gasteiger charge is -2.10. The van der Waals surface area contributed by atoms with Crippen molar-refractivity contribution in [1.82, 2.24) is 14.9 Å². The smallest absolute Gasteiger partial charge is 0.272 e. The summed E-state index contributed by atoms with van der Waals surface area (Å²) in [6.45, 7) is 0. The van der Waals surface area contributed by atoms with E-state index >= 15 is 0 Å². The zero-order valence-corrected chi connectivity index (χ0v) is 15.0. The van der Waals surface area contributed by atoms with E-state index in [0.717, 1.165) is 18.4 Å². The van der Waals surface area contributed by atoms with Crippen LogP contribution in [0.25, 0.3) is 10.9 Å². The summed E-state index contributed by atoms with van der Waals surface area (Å²) in [7, 11) is 3.33. The number of anilines is 1. The van der Waals surface area contributed by atoms with Crippen LogP contribution in [-0.2, 0) is 11.2 Å². The number of nitrogens with zero attached hydrogens (tertiary/aromatic N) is 2. The number of aromatic nitrogens is 2. The molecule has 3 aromatic rings. The summed E-state index contributed by atoms with van der Waals surface area (Å²) in [6, 6.07) is 11.4. The fourth-order valence-electron chi connectivity index (χ4n) is 2.86. The molecule has 2 heterocycles. The molecule has 1 aromatic carbocycles. The van der Waals surface area contributed by atoms with E-state index in [2.05, 4.69) is 21.4 Å². The Kier molecular flexibility index (Phi) is 5.31. The normalized spacial score (nSPS) is 10.7. The molecule has 6 nitrogen and oxygen atoms in total. The molecule has 0 saturated heterocycles. The van der Waals surface area contributed by atoms with Crippen LogP contribution < -0.4 is 5.32 Å². The Morgan fingerprint density at radius 2 is 2.00 bits per heavy atom. The van der Waals surface area contributed by atoms with Crippen LogP contribution >= 0.6 is 0 Å². The number of hydrogen-bond acceptors (Lipinski definition) is 3. The van der Waals surface area contributed by atoms with Gasteiger partial charge in [0, 0.05) is 49.5 Å². The number of benzene rings is 1. The van der Waals surface area contributed by atoms with Crippen molar-refractivity contribution in [1.29, 1.82) is 0 Å². The maximum Gasteiger partial charge on any atom is 0.272 e. The van der Waals surface area contributed by atoms with Gasteiger partial charge in [-0.05, 0) is 36.6 Å². The standard InChI is InChI=1S/C20H22N4O2/c1-24(2)20(26)18-12-15(10-11-21-18)23-19(25)9-5-6-14-13-22-17-8-4-3-7-16(14)17/h3-4,7-8,10-13,22H,5-6,9H2,1-2H3,(H,21,23,25). The lowest BCUT2D eigenvalue weighted by molar-refractivity contribution is -0.116. The Balaban J connectivity index is 1.54. The van der Waals surface area contributed by atoms with Gasteiger partial charge in [0.1, 0.15) is 5.69 Å². The Hall–Kier alpha value is -3.15. The number of para-hydroxylation sites is 1. The average molecular weight is 350 g/mol. The molecule has 0 bridgehead atoms. The number of carbonyl (C=O) groups is 2. The van der Waals surface area contributed by atoms with Gasteiger partial charge in [-0.2, -0.15) is 0 Å². The summed E-state index contributed by atoms with van der Waals surface area (Å²) in [4.78, 5) is 32.9. The minimum Gasteiger partial charge on any atom is -0.361 e. The third-order valence-electron chi connectivity index (χ3n) is 4.19. The highest BCUT2D eigenvalue weighted by atomic mass is 16.2. The predicted molar refractivity (Wildman–Crippen MR) is 102 cm³/mol. The molecule has 2 aromatic heterocycles. The molecular weight excluding hydrogens is 328 g/mol. The second kappa shape index (κ2) is 7.82. The van der Waals surface area contributed by atoms with Gasteiger partial charge in [-0.3, -0.25) is 14.6 Å². The first-order chi connectivity index (χ1) is 12.5. The van der Waals surface area contributed by atoms with Gasteiger partial charge in [-0.1, -0.05) is 18.2 Å². The average Bonchev–Trinajstić information content (AvgIpc) is 3.04. The summed E-state index contributed by atoms with van der Waals surface area (Å²) >= 11 is 0. The molecule has 134 valence electrons. The molecule has 0 fully saturated rings. The van der Waals surface area contributed by atoms with Gasteiger partial charge in [0.15, 0.2) is 0 Å². The molecule has 0 unspecified atom stereocenters. The van der Waals surface area contributed by atoms with Crippen LogP contribution in [0.2, 0.25) is 0 Å². The molecule has 0 spiro atoms. The highest BCUT2D eigenvalue weighted by molar-refractivity contribution is 5.95. The number of amides is 2. The van der Waals surface area contributed by atoms with E-state index in [4.69, 9.17) is 0 Å². The fourth-order valence-corrected chi connectivity index (χ4v) is 2.86. The quantitative estimate of drug-likeness (QED) is 0.716. The number of aryl methyl sites for hydroxylation is 1. The SMILES string of the molecule is CN(C)C(=O)c1cc(NC(=O)CCCc2c[nH]c3ccccc23)ccn1. The van der Waals surface area contributed by atoms with Crippen molar-refractivity contribution in [3.63, 3.8) is 0 Å². The predicted octanol–water partition coefficient (Wildman–Crippen LogP) is 3.23. The van der Waals surface area contributed by atoms with E-state index in [9.17, 15) is 9.59 Å². The van der Waals surface area contributed by atoms with Crippen LogP contribution in [-0.4, -0.2) is 40.8 Å². The largest absolute Gasteiger partial charge is 0.361 e. The van der Waals surface area contributed by atoms with E-state index in [-0.39, 0.29) is 11.8 Å². The zero-order valence-electron chi connectivity index (χ0n) is 15.0. The summed E-state index contributed by atoms with van der Waals surface area (Å²) in [5, 5.41) is 4.04. The topological polar surface area (TPSA) is 78.1 Å². The highest BCUT2D eigenvalue weighted by Gasteiger charge is 2.11. The van der Waals surface area contributed by atoms with Crippen LogP contribution in [0.5, 0.6) is 0 Å². The second-order valence-corrected chi connectivity index (χ2v) is 6.39. The van der Waals surface area contributed by atoms with Crippen LogP contribution in [0.3, 0.4) is 0 Å². The molecule has 0 aliphatic carbocycles. The number of carbonyl (C=O) groups excluding carboxylic acids is 2. The summed E-state index contributed by atoms with van der Waals surface area (Å²) in [5.74, 6) is -0.264. The molecule has 0 aliphatic heterocycles. The van der Waals surface area contributed by atoms with Gasteiger partial charge in [0.05, 0.1) is 0 Å². The van der Waals surface area contributed by atoms with Gasteiger partial charge in [0.25, 0.3) is 5.91 Å². The van der Waals surface area contributed by atoms with Crippen molar-refractivity contribution in [3.8, 4) is 0 Å². The van der Waals surface area contributed by atoms with Crippen LogP contribution in [0.1, 0.15) is 28.9 Å². The highest BCUT2D eigenvalue weighted by Crippen LogP contribution is 2.19. The Morgan fingerprint density at radius 1 is 1.19 bits per heavy atom. The van der Waals surface area contributed by atoms with Crippen molar-refractivity contribution < 1.29 is 9.59 Å². The first-order valence-corrected chi connectivity index (χ1v) is 8.57. The van der Waals surface area contributed by atoms with Crippen LogP contribution in [0, 0.1) is 0 Å². The van der Waals surface area contributed by atoms with Gasteiger partial charge < -0.3 is 15.2 Å². The number of pyridine rings is 1. The van der Waals surface area contributed by atoms with Gasteiger partial charge in [-0.25, -0.2) is 0 Å². The third kappa shape index (κ3) is 4.08. The number of H-pyrrole nitrogens is 1. The minimum atomic E-state index is -0.194. The monoisotopic (exact) mass is 350 g/mol.